The summed E-state index contributed by atoms with van der Waals surface area (Å²) in [5.74, 6) is 0. The summed E-state index contributed by atoms with van der Waals surface area (Å²) in [6.45, 7) is 3.00. The first kappa shape index (κ1) is 12.9. The maximum absolute atomic E-state index is 8.80. The Hall–Kier alpha value is -2.11. The number of benzene rings is 2. The fourth-order valence-electron chi connectivity index (χ4n) is 2.87. The number of hydrogen-bond donors (Lipinski definition) is 1. The zero-order valence-electron chi connectivity index (χ0n) is 11.7. The maximum atomic E-state index is 8.80. The smallest absolute Gasteiger partial charge is 0.0991 e. The minimum Gasteiger partial charge on any atom is -0.306 e. The van der Waals surface area contributed by atoms with Crippen molar-refractivity contribution in [2.45, 2.75) is 32.4 Å². The van der Waals surface area contributed by atoms with Gasteiger partial charge in [-0.15, -0.1) is 0 Å². The number of nitriles is 1. The van der Waals surface area contributed by atoms with E-state index in [1.165, 1.54) is 35.1 Å². The summed E-state index contributed by atoms with van der Waals surface area (Å²) in [5, 5.41) is 12.4. The molecule has 0 aromatic heterocycles. The van der Waals surface area contributed by atoms with Gasteiger partial charge in [0.15, 0.2) is 0 Å². The van der Waals surface area contributed by atoms with E-state index in [0.29, 0.717) is 6.04 Å². The van der Waals surface area contributed by atoms with Crippen LogP contribution in [0.5, 0.6) is 0 Å². The second kappa shape index (κ2) is 5.48. The van der Waals surface area contributed by atoms with E-state index in [1.807, 2.05) is 24.3 Å². The van der Waals surface area contributed by atoms with E-state index in [4.69, 9.17) is 5.26 Å². The molecule has 2 aromatic rings. The highest BCUT2D eigenvalue weighted by atomic mass is 14.9. The monoisotopic (exact) mass is 262 g/mol. The Morgan fingerprint density at radius 2 is 2.00 bits per heavy atom. The first-order valence-corrected chi connectivity index (χ1v) is 7.08. The molecule has 3 rings (SSSR count). The van der Waals surface area contributed by atoms with Gasteiger partial charge in [0, 0.05) is 12.6 Å². The average molecular weight is 262 g/mol. The summed E-state index contributed by atoms with van der Waals surface area (Å²) in [6, 6.07) is 17.2. The number of nitrogens with one attached hydrogen (secondary N) is 1. The molecule has 2 nitrogen and oxygen atoms in total. The number of fused-ring (bicyclic) bond motifs is 1. The predicted octanol–water partition coefficient (Wildman–Crippen LogP) is 3.64. The van der Waals surface area contributed by atoms with Crippen molar-refractivity contribution in [2.24, 2.45) is 0 Å². The molecule has 2 aromatic carbocycles. The molecule has 0 heterocycles. The summed E-state index contributed by atoms with van der Waals surface area (Å²) in [6.07, 6.45) is 2.34. The number of nitrogens with zero attached hydrogens (tertiary/aromatic N) is 1. The third-order valence-corrected chi connectivity index (χ3v) is 4.01. The minimum atomic E-state index is 0.459. The lowest BCUT2D eigenvalue weighted by atomic mass is 10.0. The topological polar surface area (TPSA) is 35.8 Å². The van der Waals surface area contributed by atoms with Gasteiger partial charge < -0.3 is 5.32 Å². The molecule has 0 amide bonds. The molecule has 1 aliphatic carbocycles. The third kappa shape index (κ3) is 2.59. The fourth-order valence-corrected chi connectivity index (χ4v) is 2.87. The van der Waals surface area contributed by atoms with Gasteiger partial charge in [0.2, 0.25) is 0 Å². The summed E-state index contributed by atoms with van der Waals surface area (Å²) in [7, 11) is 0. The summed E-state index contributed by atoms with van der Waals surface area (Å²) in [5.41, 5.74) is 6.21. The van der Waals surface area contributed by atoms with Crippen LogP contribution in [0.1, 0.15) is 40.3 Å². The van der Waals surface area contributed by atoms with Crippen LogP contribution in [0.3, 0.4) is 0 Å². The summed E-state index contributed by atoms with van der Waals surface area (Å²) >= 11 is 0. The number of aryl methyl sites for hydroxylation is 2. The fraction of sp³-hybridized carbons (Fsp3) is 0.278. The first-order chi connectivity index (χ1) is 9.76. The van der Waals surface area contributed by atoms with Crippen LogP contribution < -0.4 is 5.32 Å². The highest BCUT2D eigenvalue weighted by Crippen LogP contribution is 2.31. The van der Waals surface area contributed by atoms with Crippen molar-refractivity contribution >= 4 is 0 Å². The lowest BCUT2D eigenvalue weighted by Crippen LogP contribution is -2.18. The number of hydrogen-bond acceptors (Lipinski definition) is 2. The second-order valence-corrected chi connectivity index (χ2v) is 5.48. The molecule has 0 aliphatic heterocycles. The molecule has 1 N–H and O–H groups in total. The van der Waals surface area contributed by atoms with Crippen molar-refractivity contribution in [3.05, 3.63) is 70.3 Å². The normalized spacial score (nSPS) is 16.7. The Labute approximate surface area is 120 Å². The van der Waals surface area contributed by atoms with Crippen LogP contribution in [0, 0.1) is 18.3 Å². The van der Waals surface area contributed by atoms with E-state index < -0.39 is 0 Å². The molecule has 20 heavy (non-hydrogen) atoms. The van der Waals surface area contributed by atoms with Crippen LogP contribution >= 0.6 is 0 Å². The minimum absolute atomic E-state index is 0.459. The van der Waals surface area contributed by atoms with Gasteiger partial charge in [0.25, 0.3) is 0 Å². The Kier molecular flexibility index (Phi) is 3.54. The van der Waals surface area contributed by atoms with Crippen LogP contribution in [-0.4, -0.2) is 0 Å². The largest absolute Gasteiger partial charge is 0.306 e. The lowest BCUT2D eigenvalue weighted by Gasteiger charge is -2.14. The Morgan fingerprint density at radius 1 is 1.20 bits per heavy atom. The Morgan fingerprint density at radius 3 is 2.75 bits per heavy atom. The molecule has 0 spiro atoms. The number of rotatable bonds is 3. The van der Waals surface area contributed by atoms with Gasteiger partial charge in [-0.2, -0.15) is 5.26 Å². The zero-order valence-corrected chi connectivity index (χ0v) is 11.7. The summed E-state index contributed by atoms with van der Waals surface area (Å²) < 4.78 is 0. The lowest BCUT2D eigenvalue weighted by molar-refractivity contribution is 0.530. The molecule has 0 fully saturated rings. The molecule has 0 radical (unpaired) electrons. The molecular weight excluding hydrogens is 244 g/mol. The van der Waals surface area contributed by atoms with E-state index in [2.05, 4.69) is 36.5 Å². The highest BCUT2D eigenvalue weighted by molar-refractivity contribution is 5.38. The predicted molar refractivity (Wildman–Crippen MR) is 80.2 cm³/mol. The Balaban J connectivity index is 1.68. The van der Waals surface area contributed by atoms with Crippen molar-refractivity contribution in [3.8, 4) is 6.07 Å². The van der Waals surface area contributed by atoms with Gasteiger partial charge in [-0.05, 0) is 48.6 Å². The van der Waals surface area contributed by atoms with Crippen LogP contribution in [-0.2, 0) is 13.0 Å². The quantitative estimate of drug-likeness (QED) is 0.916. The van der Waals surface area contributed by atoms with Crippen LogP contribution in [0.15, 0.2) is 42.5 Å². The molecule has 1 atom stereocenters. The molecule has 0 saturated heterocycles. The van der Waals surface area contributed by atoms with E-state index in [-0.39, 0.29) is 0 Å². The molecule has 1 unspecified atom stereocenters. The van der Waals surface area contributed by atoms with Crippen molar-refractivity contribution < 1.29 is 0 Å². The van der Waals surface area contributed by atoms with Gasteiger partial charge >= 0.3 is 0 Å². The van der Waals surface area contributed by atoms with Gasteiger partial charge in [-0.1, -0.05) is 35.9 Å². The van der Waals surface area contributed by atoms with Gasteiger partial charge in [0.05, 0.1) is 11.6 Å². The van der Waals surface area contributed by atoms with Crippen molar-refractivity contribution in [1.29, 1.82) is 5.26 Å². The van der Waals surface area contributed by atoms with Crippen molar-refractivity contribution in [2.75, 3.05) is 0 Å². The van der Waals surface area contributed by atoms with Gasteiger partial charge in [0.1, 0.15) is 0 Å². The third-order valence-electron chi connectivity index (χ3n) is 4.01. The molecule has 0 bridgehead atoms. The molecular formula is C18H18N2. The van der Waals surface area contributed by atoms with E-state index in [0.717, 1.165) is 12.1 Å². The average Bonchev–Trinajstić information content (AvgIpc) is 2.88. The molecule has 2 heteroatoms. The van der Waals surface area contributed by atoms with Gasteiger partial charge in [-0.25, -0.2) is 0 Å². The van der Waals surface area contributed by atoms with E-state index in [9.17, 15) is 0 Å². The maximum Gasteiger partial charge on any atom is 0.0991 e. The molecule has 100 valence electrons. The molecule has 0 saturated carbocycles. The Bertz CT molecular complexity index is 650. The van der Waals surface area contributed by atoms with E-state index >= 15 is 0 Å². The van der Waals surface area contributed by atoms with Crippen molar-refractivity contribution in [1.82, 2.24) is 5.32 Å². The van der Waals surface area contributed by atoms with Crippen molar-refractivity contribution in [3.63, 3.8) is 0 Å². The highest BCUT2D eigenvalue weighted by Gasteiger charge is 2.21. The zero-order chi connectivity index (χ0) is 13.9. The van der Waals surface area contributed by atoms with Crippen LogP contribution in [0.2, 0.25) is 0 Å². The van der Waals surface area contributed by atoms with Crippen LogP contribution in [0.25, 0.3) is 0 Å². The SMILES string of the molecule is Cc1ccc2c(c1)C(NCc1ccc(C#N)cc1)CC2. The van der Waals surface area contributed by atoms with Crippen LogP contribution in [0.4, 0.5) is 0 Å². The van der Waals surface area contributed by atoms with Gasteiger partial charge in [-0.3, -0.25) is 0 Å². The van der Waals surface area contributed by atoms with E-state index in [1.54, 1.807) is 0 Å². The standard InChI is InChI=1S/C18H18N2/c1-13-2-7-16-8-9-18(17(16)10-13)20-12-15-5-3-14(11-19)4-6-15/h2-7,10,18,20H,8-9,12H2,1H3. The second-order valence-electron chi connectivity index (χ2n) is 5.48. The summed E-state index contributed by atoms with van der Waals surface area (Å²) in [4.78, 5) is 0. The first-order valence-electron chi connectivity index (χ1n) is 7.08. The molecule has 1 aliphatic rings.